The van der Waals surface area contributed by atoms with E-state index in [4.69, 9.17) is 4.74 Å². The highest BCUT2D eigenvalue weighted by molar-refractivity contribution is 7.85. The summed E-state index contributed by atoms with van der Waals surface area (Å²) in [5, 5.41) is 4.50. The third kappa shape index (κ3) is 4.45. The number of aryl methyl sites for hydroxylation is 1. The maximum absolute atomic E-state index is 16.4. The van der Waals surface area contributed by atoms with E-state index in [1.54, 1.807) is 0 Å². The van der Waals surface area contributed by atoms with Crippen LogP contribution in [0.5, 0.6) is 5.75 Å². The van der Waals surface area contributed by atoms with Crippen molar-refractivity contribution in [2.45, 2.75) is 13.0 Å². The van der Waals surface area contributed by atoms with Crippen molar-refractivity contribution in [3.05, 3.63) is 180 Å². The zero-order chi connectivity index (χ0) is 30.4. The van der Waals surface area contributed by atoms with Crippen molar-refractivity contribution < 1.29 is 9.30 Å². The maximum atomic E-state index is 16.4. The lowest BCUT2D eigenvalue weighted by Gasteiger charge is -2.36. The van der Waals surface area contributed by atoms with Crippen LogP contribution in [0, 0.1) is 6.92 Å². The molecule has 0 N–H and O–H groups in total. The topological polar surface area (TPSA) is 26.3 Å². The van der Waals surface area contributed by atoms with Crippen LogP contribution in [0.15, 0.2) is 164 Å². The summed E-state index contributed by atoms with van der Waals surface area (Å²) in [6.45, 7) is 2.12. The summed E-state index contributed by atoms with van der Waals surface area (Å²) in [5.74, 6) is 0.822. The Bertz CT molecular complexity index is 2160. The molecule has 0 radical (unpaired) electrons. The molecule has 0 amide bonds. The van der Waals surface area contributed by atoms with Gasteiger partial charge in [-0.1, -0.05) is 163 Å². The molecule has 7 aromatic rings. The largest absolute Gasteiger partial charge is 0.480 e. The molecule has 0 spiro atoms. The average Bonchev–Trinajstić information content (AvgIpc) is 3.11. The van der Waals surface area contributed by atoms with Gasteiger partial charge in [0.15, 0.2) is 13.2 Å². The van der Waals surface area contributed by atoms with Crippen LogP contribution in [0.4, 0.5) is 0 Å². The van der Waals surface area contributed by atoms with Gasteiger partial charge < -0.3 is 9.30 Å². The molecule has 7 aromatic carbocycles. The highest BCUT2D eigenvalue weighted by atomic mass is 31.2. The molecule has 0 saturated carbocycles. The standard InChI is InChI=1S/C42H31O2P/c1-29-25-27-30(28-26-29)38-34-21-11-12-22-35(34)42(45(43,32-17-7-3-8-18-32)33-19-9-4-10-20-33)40-39(38)36-23-13-14-24-37(36)44-41(40)31-15-5-2-6-16-31/h2-28,41H,1H3. The van der Waals surface area contributed by atoms with E-state index in [0.717, 1.165) is 65.8 Å². The quantitative estimate of drug-likeness (QED) is 0.185. The van der Waals surface area contributed by atoms with Gasteiger partial charge in [-0.2, -0.15) is 0 Å². The molecule has 0 fully saturated rings. The fraction of sp³-hybridized carbons (Fsp3) is 0.0476. The highest BCUT2D eigenvalue weighted by Crippen LogP contribution is 2.56. The average molecular weight is 599 g/mol. The molecule has 2 nitrogen and oxygen atoms in total. The first-order chi connectivity index (χ1) is 22.1. The molecule has 1 atom stereocenters. The van der Waals surface area contributed by atoms with Crippen molar-refractivity contribution in [1.29, 1.82) is 0 Å². The summed E-state index contributed by atoms with van der Waals surface area (Å²) in [7, 11) is -3.45. The first kappa shape index (κ1) is 27.4. The summed E-state index contributed by atoms with van der Waals surface area (Å²) in [6.07, 6.45) is -0.472. The summed E-state index contributed by atoms with van der Waals surface area (Å²) in [5.41, 5.74) is 7.53. The Balaban J connectivity index is 1.63. The highest BCUT2D eigenvalue weighted by Gasteiger charge is 2.41. The second-order valence-electron chi connectivity index (χ2n) is 11.6. The maximum Gasteiger partial charge on any atom is 0.172 e. The molecule has 0 aromatic heterocycles. The van der Waals surface area contributed by atoms with E-state index in [1.165, 1.54) is 5.56 Å². The Labute approximate surface area is 264 Å². The molecule has 216 valence electrons. The number of benzene rings is 7. The molecule has 0 aliphatic carbocycles. The SMILES string of the molecule is Cc1ccc(-c2c3c(c(P(=O)(c4ccccc4)c4ccccc4)c4ccccc24)C(c2ccccc2)Oc2ccccc2-3)cc1. The zero-order valence-corrected chi connectivity index (χ0v) is 25.8. The second-order valence-corrected chi connectivity index (χ2v) is 14.3. The molecule has 0 bridgehead atoms. The van der Waals surface area contributed by atoms with Crippen LogP contribution in [0.2, 0.25) is 0 Å². The third-order valence-electron chi connectivity index (χ3n) is 8.89. The van der Waals surface area contributed by atoms with E-state index in [0.29, 0.717) is 0 Å². The second kappa shape index (κ2) is 11.1. The van der Waals surface area contributed by atoms with Crippen LogP contribution in [0.25, 0.3) is 33.0 Å². The van der Waals surface area contributed by atoms with Crippen LogP contribution in [-0.2, 0) is 4.57 Å². The summed E-state index contributed by atoms with van der Waals surface area (Å²) >= 11 is 0. The predicted molar refractivity (Wildman–Crippen MR) is 188 cm³/mol. The summed E-state index contributed by atoms with van der Waals surface area (Å²) in [4.78, 5) is 0. The molecule has 1 heterocycles. The van der Waals surface area contributed by atoms with Crippen molar-refractivity contribution in [3.8, 4) is 28.0 Å². The Morgan fingerprint density at radius 1 is 0.533 bits per heavy atom. The van der Waals surface area contributed by atoms with E-state index >= 15 is 4.57 Å². The molecule has 1 unspecified atom stereocenters. The molecule has 0 saturated heterocycles. The van der Waals surface area contributed by atoms with Gasteiger partial charge in [-0.3, -0.25) is 0 Å². The smallest absolute Gasteiger partial charge is 0.172 e. The fourth-order valence-corrected chi connectivity index (χ4v) is 9.94. The van der Waals surface area contributed by atoms with E-state index in [-0.39, 0.29) is 0 Å². The molecular formula is C42H31O2P. The number of ether oxygens (including phenoxy) is 1. The van der Waals surface area contributed by atoms with Crippen molar-refractivity contribution in [3.63, 3.8) is 0 Å². The molecular weight excluding hydrogens is 567 g/mol. The number of para-hydroxylation sites is 1. The molecule has 3 heteroatoms. The van der Waals surface area contributed by atoms with Crippen LogP contribution in [-0.4, -0.2) is 0 Å². The minimum Gasteiger partial charge on any atom is -0.480 e. The van der Waals surface area contributed by atoms with Crippen LogP contribution < -0.4 is 20.7 Å². The number of fused-ring (bicyclic) bond motifs is 4. The van der Waals surface area contributed by atoms with Gasteiger partial charge in [0.05, 0.1) is 0 Å². The zero-order valence-electron chi connectivity index (χ0n) is 24.9. The van der Waals surface area contributed by atoms with Crippen molar-refractivity contribution in [2.24, 2.45) is 0 Å². The van der Waals surface area contributed by atoms with E-state index in [2.05, 4.69) is 97.9 Å². The number of rotatable bonds is 5. The van der Waals surface area contributed by atoms with E-state index in [9.17, 15) is 0 Å². The molecule has 8 rings (SSSR count). The summed E-state index contributed by atoms with van der Waals surface area (Å²) in [6, 6.07) is 55.8. The Morgan fingerprint density at radius 3 is 1.71 bits per heavy atom. The van der Waals surface area contributed by atoms with E-state index < -0.39 is 13.2 Å². The lowest BCUT2D eigenvalue weighted by molar-refractivity contribution is 0.245. The predicted octanol–water partition coefficient (Wildman–Crippen LogP) is 9.60. The third-order valence-corrected chi connectivity index (χ3v) is 12.0. The lowest BCUT2D eigenvalue weighted by Crippen LogP contribution is -2.32. The summed E-state index contributed by atoms with van der Waals surface area (Å²) < 4.78 is 23.4. The fourth-order valence-electron chi connectivity index (χ4n) is 6.84. The van der Waals surface area contributed by atoms with Gasteiger partial charge in [0.2, 0.25) is 0 Å². The van der Waals surface area contributed by atoms with Crippen LogP contribution in [0.1, 0.15) is 22.8 Å². The van der Waals surface area contributed by atoms with Gasteiger partial charge in [-0.05, 0) is 40.5 Å². The minimum atomic E-state index is -3.45. The number of hydrogen-bond acceptors (Lipinski definition) is 2. The molecule has 45 heavy (non-hydrogen) atoms. The van der Waals surface area contributed by atoms with Gasteiger partial charge in [0.1, 0.15) is 5.75 Å². The molecule has 1 aliphatic heterocycles. The van der Waals surface area contributed by atoms with E-state index in [1.807, 2.05) is 72.8 Å². The van der Waals surface area contributed by atoms with Crippen LogP contribution in [0.3, 0.4) is 0 Å². The Kier molecular flexibility index (Phi) is 6.74. The van der Waals surface area contributed by atoms with Crippen LogP contribution >= 0.6 is 7.14 Å². The minimum absolute atomic E-state index is 0.472. The van der Waals surface area contributed by atoms with Crippen molar-refractivity contribution in [2.75, 3.05) is 0 Å². The van der Waals surface area contributed by atoms with Crippen molar-refractivity contribution in [1.82, 2.24) is 0 Å². The lowest BCUT2D eigenvalue weighted by atomic mass is 9.81. The van der Waals surface area contributed by atoms with Gasteiger partial charge in [-0.15, -0.1) is 0 Å². The molecule has 1 aliphatic rings. The van der Waals surface area contributed by atoms with Gasteiger partial charge >= 0.3 is 0 Å². The van der Waals surface area contributed by atoms with Gasteiger partial charge in [0.25, 0.3) is 0 Å². The first-order valence-corrected chi connectivity index (χ1v) is 17.0. The first-order valence-electron chi connectivity index (χ1n) is 15.3. The Morgan fingerprint density at radius 2 is 1.07 bits per heavy atom. The monoisotopic (exact) mass is 598 g/mol. The van der Waals surface area contributed by atoms with Crippen molar-refractivity contribution >= 4 is 33.8 Å². The number of hydrogen-bond donors (Lipinski definition) is 0. The van der Waals surface area contributed by atoms with Gasteiger partial charge in [-0.25, -0.2) is 0 Å². The normalized spacial score (nSPS) is 13.9. The Hall–Kier alpha value is -5.17. The van der Waals surface area contributed by atoms with Gasteiger partial charge in [0, 0.05) is 32.6 Å².